The Morgan fingerprint density at radius 2 is 2.15 bits per heavy atom. The average molecular weight is 376 g/mol. The lowest BCUT2D eigenvalue weighted by molar-refractivity contribution is 0.102. The van der Waals surface area contributed by atoms with Crippen LogP contribution in [0.5, 0.6) is 0 Å². The van der Waals surface area contributed by atoms with Crippen molar-refractivity contribution in [1.82, 2.24) is 24.8 Å². The maximum absolute atomic E-state index is 13.4. The maximum atomic E-state index is 13.4. The number of hydrogen-bond donors (Lipinski definition) is 1. The summed E-state index contributed by atoms with van der Waals surface area (Å²) in [6, 6.07) is 5.26. The highest BCUT2D eigenvalue weighted by Gasteiger charge is 2.25. The molecule has 0 aliphatic heterocycles. The van der Waals surface area contributed by atoms with Crippen molar-refractivity contribution >= 4 is 17.4 Å². The Labute approximate surface area is 153 Å². The smallest absolute Gasteiger partial charge is 0.233 e. The van der Waals surface area contributed by atoms with Crippen LogP contribution in [0, 0.1) is 11.7 Å². The summed E-state index contributed by atoms with van der Waals surface area (Å²) in [6.45, 7) is 0.336. The fourth-order valence-electron chi connectivity index (χ4n) is 2.77. The molecule has 0 bridgehead atoms. The summed E-state index contributed by atoms with van der Waals surface area (Å²) in [5, 5.41) is 21.6. The molecule has 26 heavy (non-hydrogen) atoms. The van der Waals surface area contributed by atoms with Gasteiger partial charge in [-0.15, -0.1) is 5.10 Å². The molecule has 2 heterocycles. The zero-order chi connectivity index (χ0) is 18.3. The number of aromatic nitrogens is 5. The highest BCUT2D eigenvalue weighted by molar-refractivity contribution is 6.30. The van der Waals surface area contributed by atoms with Gasteiger partial charge in [-0.2, -0.15) is 5.10 Å². The van der Waals surface area contributed by atoms with Gasteiger partial charge in [-0.05, 0) is 37.0 Å². The molecule has 1 aliphatic carbocycles. The highest BCUT2D eigenvalue weighted by Crippen LogP contribution is 2.30. The zero-order valence-electron chi connectivity index (χ0n) is 13.6. The Morgan fingerprint density at radius 3 is 2.88 bits per heavy atom. The van der Waals surface area contributed by atoms with Crippen LogP contribution in [-0.2, 0) is 13.2 Å². The largest absolute Gasteiger partial charge is 0.392 e. The monoisotopic (exact) mass is 375 g/mol. The van der Waals surface area contributed by atoms with E-state index < -0.39 is 18.2 Å². The first kappa shape index (κ1) is 16.9. The molecule has 7 nitrogen and oxygen atoms in total. The second-order valence-corrected chi connectivity index (χ2v) is 6.68. The first-order chi connectivity index (χ1) is 12.5. The third kappa shape index (κ3) is 3.25. The normalized spacial score (nSPS) is 14.0. The summed E-state index contributed by atoms with van der Waals surface area (Å²) < 4.78 is 16.4. The summed E-state index contributed by atoms with van der Waals surface area (Å²) in [4.78, 5) is 12.9. The minimum atomic E-state index is -0.494. The van der Waals surface area contributed by atoms with Crippen LogP contribution in [0.15, 0.2) is 30.5 Å². The first-order valence-corrected chi connectivity index (χ1v) is 8.53. The van der Waals surface area contributed by atoms with Crippen molar-refractivity contribution < 1.29 is 14.3 Å². The van der Waals surface area contributed by atoms with E-state index in [1.165, 1.54) is 41.8 Å². The van der Waals surface area contributed by atoms with Crippen LogP contribution < -0.4 is 0 Å². The molecule has 4 rings (SSSR count). The van der Waals surface area contributed by atoms with Crippen LogP contribution in [0.4, 0.5) is 4.39 Å². The van der Waals surface area contributed by atoms with Crippen LogP contribution in [0.25, 0.3) is 5.69 Å². The first-order valence-electron chi connectivity index (χ1n) is 8.15. The fraction of sp³-hybridized carbons (Fsp3) is 0.294. The molecule has 1 aliphatic rings. The maximum Gasteiger partial charge on any atom is 0.233 e. The molecule has 2 aromatic heterocycles. The van der Waals surface area contributed by atoms with E-state index in [1.807, 2.05) is 0 Å². The number of carbonyl (C=O) groups is 1. The van der Waals surface area contributed by atoms with Gasteiger partial charge in [0.15, 0.2) is 10.8 Å². The van der Waals surface area contributed by atoms with E-state index in [1.54, 1.807) is 10.9 Å². The predicted octanol–water partition coefficient (Wildman–Crippen LogP) is 2.39. The lowest BCUT2D eigenvalue weighted by Gasteiger charge is -2.10. The molecule has 9 heteroatoms. The van der Waals surface area contributed by atoms with Crippen molar-refractivity contribution in [2.75, 3.05) is 0 Å². The number of aliphatic hydroxyl groups excluding tert-OH is 1. The summed E-state index contributed by atoms with van der Waals surface area (Å²) in [7, 11) is 0. The van der Waals surface area contributed by atoms with Gasteiger partial charge >= 0.3 is 0 Å². The molecule has 0 amide bonds. The van der Waals surface area contributed by atoms with E-state index in [0.29, 0.717) is 11.6 Å². The summed E-state index contributed by atoms with van der Waals surface area (Å²) in [5.41, 5.74) is 0.997. The number of halogens is 2. The molecular formula is C17H15ClFN5O2. The Morgan fingerprint density at radius 1 is 1.35 bits per heavy atom. The van der Waals surface area contributed by atoms with Gasteiger partial charge in [0, 0.05) is 18.2 Å². The molecule has 0 spiro atoms. The van der Waals surface area contributed by atoms with Crippen LogP contribution in [-0.4, -0.2) is 35.7 Å². The minimum absolute atomic E-state index is 0.104. The van der Waals surface area contributed by atoms with Crippen LogP contribution in [0.2, 0.25) is 5.15 Å². The van der Waals surface area contributed by atoms with Crippen molar-refractivity contribution in [3.05, 3.63) is 58.4 Å². The SMILES string of the molecule is O=C(c1cn(CC2CC2)nn1)c1cc(Cl)nn1-c1ccc(F)cc1CO. The molecule has 134 valence electrons. The third-order valence-electron chi connectivity index (χ3n) is 4.27. The second kappa shape index (κ2) is 6.62. The molecule has 1 saturated carbocycles. The van der Waals surface area contributed by atoms with Gasteiger partial charge in [-0.25, -0.2) is 9.07 Å². The van der Waals surface area contributed by atoms with Crippen molar-refractivity contribution in [2.24, 2.45) is 5.92 Å². The Hall–Kier alpha value is -2.58. The molecule has 1 fully saturated rings. The average Bonchev–Trinajstić information content (AvgIpc) is 3.16. The van der Waals surface area contributed by atoms with Crippen LogP contribution >= 0.6 is 11.6 Å². The van der Waals surface area contributed by atoms with Gasteiger partial charge < -0.3 is 5.11 Å². The Bertz CT molecular complexity index is 979. The number of carbonyl (C=O) groups excluding carboxylic acids is 1. The van der Waals surface area contributed by atoms with Gasteiger partial charge in [0.05, 0.1) is 18.5 Å². The lowest BCUT2D eigenvalue weighted by atomic mass is 10.1. The Kier molecular flexibility index (Phi) is 4.29. The van der Waals surface area contributed by atoms with E-state index in [-0.39, 0.29) is 22.1 Å². The van der Waals surface area contributed by atoms with Gasteiger partial charge in [-0.1, -0.05) is 16.8 Å². The van der Waals surface area contributed by atoms with E-state index in [4.69, 9.17) is 11.6 Å². The second-order valence-electron chi connectivity index (χ2n) is 6.29. The molecule has 0 unspecified atom stereocenters. The number of nitrogens with zero attached hydrogens (tertiary/aromatic N) is 5. The quantitative estimate of drug-likeness (QED) is 0.668. The van der Waals surface area contributed by atoms with Crippen LogP contribution in [0.3, 0.4) is 0 Å². The molecule has 0 saturated heterocycles. The van der Waals surface area contributed by atoms with Crippen LogP contribution in [0.1, 0.15) is 34.6 Å². The van der Waals surface area contributed by atoms with Gasteiger partial charge in [-0.3, -0.25) is 9.48 Å². The summed E-state index contributed by atoms with van der Waals surface area (Å²) in [5.74, 6) is -0.294. The van der Waals surface area contributed by atoms with Gasteiger partial charge in [0.2, 0.25) is 5.78 Å². The molecule has 0 radical (unpaired) electrons. The number of aliphatic hydroxyl groups is 1. The van der Waals surface area contributed by atoms with E-state index in [0.717, 1.165) is 6.54 Å². The number of benzene rings is 1. The lowest BCUT2D eigenvalue weighted by Crippen LogP contribution is -2.12. The molecule has 1 N–H and O–H groups in total. The summed E-state index contributed by atoms with van der Waals surface area (Å²) >= 11 is 5.99. The minimum Gasteiger partial charge on any atom is -0.392 e. The number of ketones is 1. The predicted molar refractivity (Wildman–Crippen MR) is 90.6 cm³/mol. The molecule has 1 aromatic carbocycles. The Balaban J connectivity index is 1.71. The van der Waals surface area contributed by atoms with Crippen molar-refractivity contribution in [3.63, 3.8) is 0 Å². The van der Waals surface area contributed by atoms with Gasteiger partial charge in [0.1, 0.15) is 11.5 Å². The summed E-state index contributed by atoms with van der Waals surface area (Å²) in [6.07, 6.45) is 3.93. The standard InChI is InChI=1S/C17H15ClFN5O2/c18-16-6-15(17(26)13-8-23(22-20-13)7-10-1-2-10)24(21-16)14-4-3-12(19)5-11(14)9-25/h3-6,8,10,25H,1-2,7,9H2. The topological polar surface area (TPSA) is 85.8 Å². The number of hydrogen-bond acceptors (Lipinski definition) is 5. The molecule has 3 aromatic rings. The zero-order valence-corrected chi connectivity index (χ0v) is 14.4. The molecule has 0 atom stereocenters. The highest BCUT2D eigenvalue weighted by atomic mass is 35.5. The van der Waals surface area contributed by atoms with Crippen molar-refractivity contribution in [3.8, 4) is 5.69 Å². The van der Waals surface area contributed by atoms with Crippen molar-refractivity contribution in [1.29, 1.82) is 0 Å². The van der Waals surface area contributed by atoms with E-state index in [2.05, 4.69) is 15.4 Å². The molecular weight excluding hydrogens is 361 g/mol. The van der Waals surface area contributed by atoms with E-state index >= 15 is 0 Å². The van der Waals surface area contributed by atoms with Gasteiger partial charge in [0.25, 0.3) is 0 Å². The van der Waals surface area contributed by atoms with Crippen molar-refractivity contribution in [2.45, 2.75) is 26.0 Å². The number of rotatable bonds is 6. The fourth-order valence-corrected chi connectivity index (χ4v) is 2.95. The van der Waals surface area contributed by atoms with E-state index in [9.17, 15) is 14.3 Å². The third-order valence-corrected chi connectivity index (χ3v) is 4.45.